The van der Waals surface area contributed by atoms with Crippen LogP contribution in [0.25, 0.3) is 10.9 Å². The average molecular weight is 425 g/mol. The van der Waals surface area contributed by atoms with Crippen molar-refractivity contribution in [1.29, 1.82) is 5.26 Å². The minimum absolute atomic E-state index is 0.0258. The minimum atomic E-state index is -0.615. The Labute approximate surface area is 181 Å². The fraction of sp³-hybridized carbons (Fsp3) is 0.522. The first-order valence-electron chi connectivity index (χ1n) is 10.7. The number of carbonyl (C=O) groups is 1. The van der Waals surface area contributed by atoms with Gasteiger partial charge in [-0.3, -0.25) is 9.36 Å². The highest BCUT2D eigenvalue weighted by molar-refractivity contribution is 5.88. The maximum Gasteiger partial charge on any atom is 0.410 e. The van der Waals surface area contributed by atoms with E-state index in [1.54, 1.807) is 21.6 Å². The van der Waals surface area contributed by atoms with Gasteiger partial charge in [-0.15, -0.1) is 0 Å². The highest BCUT2D eigenvalue weighted by Crippen LogP contribution is 2.35. The van der Waals surface area contributed by atoms with Crippen molar-refractivity contribution in [3.8, 4) is 11.8 Å². The van der Waals surface area contributed by atoms with Crippen LogP contribution < -0.4 is 15.6 Å². The molecule has 1 aromatic heterocycles. The van der Waals surface area contributed by atoms with Gasteiger partial charge in [0, 0.05) is 24.0 Å². The highest BCUT2D eigenvalue weighted by atomic mass is 16.6. The first kappa shape index (κ1) is 21.2. The standard InChI is InChI=1S/C23H28N4O4/c1-23(2,3)31-22(29)26(17-8-10-25-11-9-17)13-18-14-30-21-16(12-24)5-4-15-6-7-19(28)27(18)20(15)21/h4-7,17-18,25H,8-11,13-14H2,1-3H3. The van der Waals surface area contributed by atoms with Crippen LogP contribution in [-0.2, 0) is 4.74 Å². The van der Waals surface area contributed by atoms with Crippen molar-refractivity contribution in [2.75, 3.05) is 26.2 Å². The lowest BCUT2D eigenvalue weighted by Gasteiger charge is -2.39. The molecule has 3 heterocycles. The summed E-state index contributed by atoms with van der Waals surface area (Å²) < 4.78 is 13.4. The molecular weight excluding hydrogens is 396 g/mol. The maximum atomic E-state index is 13.1. The topological polar surface area (TPSA) is 96.6 Å². The number of amides is 1. The van der Waals surface area contributed by atoms with Crippen LogP contribution in [0.2, 0.25) is 0 Å². The summed E-state index contributed by atoms with van der Waals surface area (Å²) in [4.78, 5) is 27.8. The van der Waals surface area contributed by atoms with E-state index < -0.39 is 5.60 Å². The van der Waals surface area contributed by atoms with E-state index in [-0.39, 0.29) is 30.3 Å². The van der Waals surface area contributed by atoms with Gasteiger partial charge in [0.1, 0.15) is 18.3 Å². The fourth-order valence-corrected chi connectivity index (χ4v) is 4.34. The Hall–Kier alpha value is -3.05. The molecule has 0 aliphatic carbocycles. The number of ether oxygens (including phenoxy) is 2. The van der Waals surface area contributed by atoms with Gasteiger partial charge in [0.15, 0.2) is 5.75 Å². The molecular formula is C23H28N4O4. The number of nitriles is 1. The van der Waals surface area contributed by atoms with Gasteiger partial charge in [0.05, 0.1) is 17.1 Å². The average Bonchev–Trinajstić information content (AvgIpc) is 2.74. The molecule has 0 radical (unpaired) electrons. The number of pyridine rings is 1. The smallest absolute Gasteiger partial charge is 0.410 e. The van der Waals surface area contributed by atoms with Crippen LogP contribution in [0.1, 0.15) is 45.2 Å². The molecule has 1 N–H and O–H groups in total. The van der Waals surface area contributed by atoms with Gasteiger partial charge in [-0.25, -0.2) is 4.79 Å². The predicted octanol–water partition coefficient (Wildman–Crippen LogP) is 2.80. The van der Waals surface area contributed by atoms with E-state index in [9.17, 15) is 14.9 Å². The van der Waals surface area contributed by atoms with E-state index >= 15 is 0 Å². The molecule has 2 aliphatic heterocycles. The first-order chi connectivity index (χ1) is 14.8. The molecule has 8 nitrogen and oxygen atoms in total. The third-order valence-electron chi connectivity index (χ3n) is 5.74. The summed E-state index contributed by atoms with van der Waals surface area (Å²) in [5, 5.41) is 13.6. The number of rotatable bonds is 3. The maximum absolute atomic E-state index is 13.1. The number of nitrogens with zero attached hydrogens (tertiary/aromatic N) is 3. The Balaban J connectivity index is 1.73. The zero-order chi connectivity index (χ0) is 22.2. The zero-order valence-electron chi connectivity index (χ0n) is 18.2. The Bertz CT molecular complexity index is 1090. The quantitative estimate of drug-likeness (QED) is 0.814. The Morgan fingerprint density at radius 3 is 2.68 bits per heavy atom. The van der Waals surface area contributed by atoms with E-state index in [0.717, 1.165) is 31.3 Å². The van der Waals surface area contributed by atoms with Gasteiger partial charge >= 0.3 is 6.09 Å². The molecule has 0 saturated carbocycles. The van der Waals surface area contributed by atoms with E-state index in [0.29, 0.717) is 23.4 Å². The SMILES string of the molecule is CC(C)(C)OC(=O)N(CC1COc2c(C#N)ccc3ccc(=O)n1c23)C1CCNCC1. The highest BCUT2D eigenvalue weighted by Gasteiger charge is 2.34. The van der Waals surface area contributed by atoms with Crippen molar-refractivity contribution in [3.63, 3.8) is 0 Å². The van der Waals surface area contributed by atoms with Crippen LogP contribution in [0.3, 0.4) is 0 Å². The van der Waals surface area contributed by atoms with Gasteiger partial charge in [0.25, 0.3) is 5.56 Å². The minimum Gasteiger partial charge on any atom is -0.488 e. The van der Waals surface area contributed by atoms with Crippen molar-refractivity contribution >= 4 is 17.0 Å². The molecule has 1 unspecified atom stereocenters. The van der Waals surface area contributed by atoms with Crippen molar-refractivity contribution in [2.24, 2.45) is 0 Å². The van der Waals surface area contributed by atoms with Crippen LogP contribution in [0.5, 0.6) is 5.75 Å². The van der Waals surface area contributed by atoms with Crippen molar-refractivity contribution < 1.29 is 14.3 Å². The second-order valence-corrected chi connectivity index (χ2v) is 9.11. The summed E-state index contributed by atoms with van der Waals surface area (Å²) in [6.07, 6.45) is 1.26. The molecule has 1 amide bonds. The summed E-state index contributed by atoms with van der Waals surface area (Å²) in [7, 11) is 0. The number of nitrogens with one attached hydrogen (secondary N) is 1. The zero-order valence-corrected chi connectivity index (χ0v) is 18.2. The van der Waals surface area contributed by atoms with Crippen LogP contribution >= 0.6 is 0 Å². The largest absolute Gasteiger partial charge is 0.488 e. The van der Waals surface area contributed by atoms with Gasteiger partial charge < -0.3 is 19.7 Å². The molecule has 0 bridgehead atoms. The molecule has 8 heteroatoms. The van der Waals surface area contributed by atoms with E-state index in [1.165, 1.54) is 6.07 Å². The summed E-state index contributed by atoms with van der Waals surface area (Å²) in [5.74, 6) is 0.430. The summed E-state index contributed by atoms with van der Waals surface area (Å²) in [6, 6.07) is 8.58. The number of carbonyl (C=O) groups excluding carboxylic acids is 1. The molecule has 164 valence electrons. The summed E-state index contributed by atoms with van der Waals surface area (Å²) in [5.41, 5.74) is 0.215. The third kappa shape index (κ3) is 4.23. The number of benzene rings is 1. The lowest BCUT2D eigenvalue weighted by molar-refractivity contribution is 0.00734. The van der Waals surface area contributed by atoms with E-state index in [4.69, 9.17) is 9.47 Å². The molecule has 1 atom stereocenters. The van der Waals surface area contributed by atoms with Gasteiger partial charge in [-0.05, 0) is 58.8 Å². The van der Waals surface area contributed by atoms with E-state index in [1.807, 2.05) is 26.8 Å². The monoisotopic (exact) mass is 424 g/mol. The Kier molecular flexibility index (Phi) is 5.63. The molecule has 2 aromatic rings. The number of hydrogen-bond donors (Lipinski definition) is 1. The molecule has 0 spiro atoms. The lowest BCUT2D eigenvalue weighted by atomic mass is 10.0. The third-order valence-corrected chi connectivity index (χ3v) is 5.74. The van der Waals surface area contributed by atoms with Crippen LogP contribution in [-0.4, -0.2) is 53.4 Å². The van der Waals surface area contributed by atoms with Gasteiger partial charge in [-0.2, -0.15) is 5.26 Å². The van der Waals surface area contributed by atoms with Crippen LogP contribution in [0.15, 0.2) is 29.1 Å². The normalized spacial score (nSPS) is 18.8. The molecule has 1 fully saturated rings. The van der Waals surface area contributed by atoms with Gasteiger partial charge in [-0.1, -0.05) is 6.07 Å². The number of hydrogen-bond acceptors (Lipinski definition) is 6. The number of piperidine rings is 1. The first-order valence-corrected chi connectivity index (χ1v) is 10.7. The van der Waals surface area contributed by atoms with Crippen molar-refractivity contribution in [3.05, 3.63) is 40.2 Å². The second kappa shape index (κ2) is 8.23. The molecule has 4 rings (SSSR count). The second-order valence-electron chi connectivity index (χ2n) is 9.11. The van der Waals surface area contributed by atoms with Crippen molar-refractivity contribution in [1.82, 2.24) is 14.8 Å². The van der Waals surface area contributed by atoms with E-state index in [2.05, 4.69) is 11.4 Å². The molecule has 1 saturated heterocycles. The Morgan fingerprint density at radius 2 is 2.00 bits per heavy atom. The Morgan fingerprint density at radius 1 is 1.29 bits per heavy atom. The fourth-order valence-electron chi connectivity index (χ4n) is 4.34. The van der Waals surface area contributed by atoms with Crippen LogP contribution in [0, 0.1) is 11.3 Å². The predicted molar refractivity (Wildman–Crippen MR) is 116 cm³/mol. The molecule has 1 aromatic carbocycles. The van der Waals surface area contributed by atoms with Crippen molar-refractivity contribution in [2.45, 2.75) is 51.3 Å². The molecule has 2 aliphatic rings. The van der Waals surface area contributed by atoms with Gasteiger partial charge in [0.2, 0.25) is 0 Å². The lowest BCUT2D eigenvalue weighted by Crippen LogP contribution is -2.51. The summed E-state index contributed by atoms with van der Waals surface area (Å²) >= 11 is 0. The number of aromatic nitrogens is 1. The summed E-state index contributed by atoms with van der Waals surface area (Å²) in [6.45, 7) is 7.70. The van der Waals surface area contributed by atoms with Crippen LogP contribution in [0.4, 0.5) is 4.79 Å². The molecule has 31 heavy (non-hydrogen) atoms.